The zero-order valence-corrected chi connectivity index (χ0v) is 26.4. The van der Waals surface area contributed by atoms with Crippen molar-refractivity contribution in [1.82, 2.24) is 20.2 Å². The van der Waals surface area contributed by atoms with Gasteiger partial charge in [0, 0.05) is 19.2 Å². The van der Waals surface area contributed by atoms with Gasteiger partial charge in [0.25, 0.3) is 5.91 Å². The van der Waals surface area contributed by atoms with Gasteiger partial charge in [-0.05, 0) is 6.42 Å². The van der Waals surface area contributed by atoms with Gasteiger partial charge in [0.2, 0.25) is 0 Å². The van der Waals surface area contributed by atoms with Crippen molar-refractivity contribution in [2.75, 3.05) is 23.7 Å². The standard InChI is InChI=1S/C32H54N8O4/c1-2-3-4-5-6-7-8-9-10-11-12-13-14-15-16-17-18-33-25-19-26(36-21-35-25)34-20-24-28(41)29(42)32(44-24)40-23-39-27-30(40)37-22-38-31(27)43/h19,21-24,27-30,32,41-42H,2-18,20H2,1H3,(H,37,38,43)(H2,33,34,35,36)/t24-,27?,28-,29-,30?,32-/m1/s1. The Bertz CT molecular complexity index is 1040. The molecule has 1 saturated heterocycles. The van der Waals surface area contributed by atoms with Crippen molar-refractivity contribution in [3.63, 3.8) is 0 Å². The molecule has 1 amide bonds. The van der Waals surface area contributed by atoms with Crippen LogP contribution in [0.15, 0.2) is 22.4 Å². The monoisotopic (exact) mass is 614 g/mol. The van der Waals surface area contributed by atoms with E-state index in [1.165, 1.54) is 115 Å². The number of aromatic nitrogens is 2. The van der Waals surface area contributed by atoms with Crippen LogP contribution in [-0.2, 0) is 9.53 Å². The van der Waals surface area contributed by atoms with Crippen LogP contribution in [-0.4, -0.2) is 93.5 Å². The molecule has 0 aromatic carbocycles. The summed E-state index contributed by atoms with van der Waals surface area (Å²) in [5.74, 6) is 1.07. The predicted molar refractivity (Wildman–Crippen MR) is 174 cm³/mol. The van der Waals surface area contributed by atoms with Gasteiger partial charge in [-0.15, -0.1) is 0 Å². The first kappa shape index (κ1) is 34.1. The number of nitrogens with zero attached hydrogens (tertiary/aromatic N) is 5. The maximum Gasteiger partial charge on any atom is 0.254 e. The molecule has 0 spiro atoms. The number of rotatable bonds is 22. The van der Waals surface area contributed by atoms with Gasteiger partial charge in [-0.1, -0.05) is 103 Å². The van der Waals surface area contributed by atoms with Gasteiger partial charge >= 0.3 is 0 Å². The van der Waals surface area contributed by atoms with E-state index in [0.717, 1.165) is 18.8 Å². The van der Waals surface area contributed by atoms with Crippen LogP contribution in [0, 0.1) is 0 Å². The van der Waals surface area contributed by atoms with Gasteiger partial charge in [-0.2, -0.15) is 0 Å². The maximum atomic E-state index is 12.0. The van der Waals surface area contributed by atoms with Crippen LogP contribution in [0.1, 0.15) is 110 Å². The van der Waals surface area contributed by atoms with E-state index in [4.69, 9.17) is 4.74 Å². The number of aliphatic hydroxyl groups excluding tert-OH is 2. The van der Waals surface area contributed by atoms with E-state index in [1.54, 1.807) is 4.90 Å². The average Bonchev–Trinajstić information content (AvgIpc) is 3.59. The Hall–Kier alpha value is -2.83. The highest BCUT2D eigenvalue weighted by Crippen LogP contribution is 2.29. The third kappa shape index (κ3) is 10.4. The van der Waals surface area contributed by atoms with Crippen molar-refractivity contribution in [1.29, 1.82) is 0 Å². The van der Waals surface area contributed by atoms with E-state index >= 15 is 0 Å². The number of aliphatic hydroxyl groups is 2. The molecular formula is C32H54N8O4. The molecule has 12 heteroatoms. The number of carbonyl (C=O) groups excluding carboxylic acids is 1. The number of unbranched alkanes of at least 4 members (excludes halogenated alkanes) is 15. The Balaban J connectivity index is 1.03. The fourth-order valence-corrected chi connectivity index (χ4v) is 6.09. The number of carbonyl (C=O) groups is 1. The number of aliphatic imine (C=N–C) groups is 2. The first-order valence-electron chi connectivity index (χ1n) is 17.0. The van der Waals surface area contributed by atoms with E-state index in [1.807, 2.05) is 6.07 Å². The number of fused-ring (bicyclic) bond motifs is 1. The Morgan fingerprint density at radius 3 is 2.05 bits per heavy atom. The van der Waals surface area contributed by atoms with Crippen LogP contribution < -0.4 is 16.0 Å². The molecule has 3 aliphatic rings. The van der Waals surface area contributed by atoms with E-state index in [2.05, 4.69) is 42.8 Å². The molecule has 4 rings (SSSR count). The molecule has 1 aromatic rings. The third-order valence-corrected chi connectivity index (χ3v) is 8.77. The lowest BCUT2D eigenvalue weighted by molar-refractivity contribution is -0.123. The average molecular weight is 615 g/mol. The van der Waals surface area contributed by atoms with E-state index in [9.17, 15) is 15.0 Å². The summed E-state index contributed by atoms with van der Waals surface area (Å²) < 4.78 is 5.98. The Morgan fingerprint density at radius 2 is 1.41 bits per heavy atom. The van der Waals surface area contributed by atoms with Crippen molar-refractivity contribution in [2.45, 2.75) is 146 Å². The highest BCUT2D eigenvalue weighted by atomic mass is 16.6. The highest BCUT2D eigenvalue weighted by molar-refractivity contribution is 5.96. The van der Waals surface area contributed by atoms with Gasteiger partial charge < -0.3 is 35.8 Å². The van der Waals surface area contributed by atoms with Crippen LogP contribution in [0.25, 0.3) is 0 Å². The number of hydrogen-bond donors (Lipinski definition) is 5. The van der Waals surface area contributed by atoms with Gasteiger partial charge in [0.15, 0.2) is 18.4 Å². The van der Waals surface area contributed by atoms with E-state index in [-0.39, 0.29) is 12.5 Å². The summed E-state index contributed by atoms with van der Waals surface area (Å²) in [6, 6.07) is 1.13. The number of hydrogen-bond acceptors (Lipinski definition) is 11. The van der Waals surface area contributed by atoms with Crippen LogP contribution in [0.2, 0.25) is 0 Å². The van der Waals surface area contributed by atoms with Gasteiger partial charge in [0.05, 0.1) is 12.7 Å². The molecule has 3 aliphatic heterocycles. The molecule has 4 heterocycles. The molecule has 5 N–H and O–H groups in total. The first-order valence-corrected chi connectivity index (χ1v) is 17.0. The summed E-state index contributed by atoms with van der Waals surface area (Å²) in [6.45, 7) is 3.36. The number of amides is 1. The smallest absolute Gasteiger partial charge is 0.254 e. The third-order valence-electron chi connectivity index (χ3n) is 8.77. The van der Waals surface area contributed by atoms with Crippen molar-refractivity contribution < 1.29 is 19.7 Å². The van der Waals surface area contributed by atoms with Gasteiger partial charge in [-0.25, -0.2) is 15.0 Å². The lowest BCUT2D eigenvalue weighted by Gasteiger charge is -2.31. The molecule has 12 nitrogen and oxygen atoms in total. The molecule has 0 saturated carbocycles. The minimum Gasteiger partial charge on any atom is -0.387 e. The fourth-order valence-electron chi connectivity index (χ4n) is 6.09. The molecule has 2 unspecified atom stereocenters. The van der Waals surface area contributed by atoms with Crippen LogP contribution in [0.4, 0.5) is 11.6 Å². The fraction of sp³-hybridized carbons (Fsp3) is 0.781. The maximum absolute atomic E-state index is 12.0. The molecule has 1 aromatic heterocycles. The second kappa shape index (κ2) is 18.9. The second-order valence-electron chi connectivity index (χ2n) is 12.3. The second-order valence-corrected chi connectivity index (χ2v) is 12.3. The molecule has 0 aliphatic carbocycles. The summed E-state index contributed by atoms with van der Waals surface area (Å²) in [5.41, 5.74) is 0. The van der Waals surface area contributed by atoms with Crippen LogP contribution in [0.5, 0.6) is 0 Å². The Labute approximate surface area is 262 Å². The summed E-state index contributed by atoms with van der Waals surface area (Å²) in [6.07, 6.45) is 21.4. The summed E-state index contributed by atoms with van der Waals surface area (Å²) in [7, 11) is 0. The SMILES string of the molecule is CCCCCCCCCCCCCCCCCCNc1cc(NC[C@H]2O[C@@H](N3C=NC4C(=O)NC=NC43)[C@H](O)[C@@H]2O)ncn1. The Kier molecular flexibility index (Phi) is 14.6. The lowest BCUT2D eigenvalue weighted by Crippen LogP contribution is -2.53. The normalized spacial score (nSPS) is 25.8. The van der Waals surface area contributed by atoms with Crippen molar-refractivity contribution in [3.05, 3.63) is 12.4 Å². The Morgan fingerprint density at radius 1 is 0.818 bits per heavy atom. The molecule has 0 radical (unpaired) electrons. The van der Waals surface area contributed by atoms with Crippen molar-refractivity contribution in [2.24, 2.45) is 9.98 Å². The largest absolute Gasteiger partial charge is 0.387 e. The molecule has 246 valence electrons. The molecular weight excluding hydrogens is 560 g/mol. The quantitative estimate of drug-likeness (QED) is 0.121. The van der Waals surface area contributed by atoms with Gasteiger partial charge in [0.1, 0.15) is 36.3 Å². The summed E-state index contributed by atoms with van der Waals surface area (Å²) >= 11 is 0. The molecule has 0 bridgehead atoms. The summed E-state index contributed by atoms with van der Waals surface area (Å²) in [5, 5.41) is 30.4. The van der Waals surface area contributed by atoms with Crippen LogP contribution in [0.3, 0.4) is 0 Å². The minimum atomic E-state index is -1.19. The predicted octanol–water partition coefficient (Wildman–Crippen LogP) is 4.21. The van der Waals surface area contributed by atoms with Gasteiger partial charge in [-0.3, -0.25) is 9.79 Å². The topological polar surface area (TPSA) is 157 Å². The van der Waals surface area contributed by atoms with Crippen LogP contribution >= 0.6 is 0 Å². The van der Waals surface area contributed by atoms with Crippen molar-refractivity contribution in [3.8, 4) is 0 Å². The number of ether oxygens (including phenoxy) is 1. The number of nitrogens with one attached hydrogen (secondary N) is 3. The molecule has 44 heavy (non-hydrogen) atoms. The highest BCUT2D eigenvalue weighted by Gasteiger charge is 2.50. The van der Waals surface area contributed by atoms with E-state index < -0.39 is 36.7 Å². The molecule has 1 fully saturated rings. The zero-order chi connectivity index (χ0) is 31.0. The molecule has 6 atom stereocenters. The first-order chi connectivity index (χ1) is 21.6. The zero-order valence-electron chi connectivity index (χ0n) is 26.4. The number of anilines is 2. The summed E-state index contributed by atoms with van der Waals surface area (Å²) in [4.78, 5) is 30.6. The van der Waals surface area contributed by atoms with E-state index in [0.29, 0.717) is 5.82 Å². The lowest BCUT2D eigenvalue weighted by atomic mass is 10.0. The minimum absolute atomic E-state index is 0.229. The van der Waals surface area contributed by atoms with Crippen molar-refractivity contribution >= 4 is 30.2 Å².